The van der Waals surface area contributed by atoms with E-state index in [2.05, 4.69) is 26.3 Å². The molecule has 0 saturated heterocycles. The molecule has 0 aliphatic carbocycles. The van der Waals surface area contributed by atoms with Gasteiger partial charge in [0.25, 0.3) is 0 Å². The minimum Gasteiger partial charge on any atom is -0.271 e. The predicted molar refractivity (Wildman–Crippen MR) is 76.9 cm³/mol. The number of nitrogens with two attached hydrogens (primary N) is 1. The third-order valence-electron chi connectivity index (χ3n) is 2.95. The number of rotatable bonds is 5. The molecule has 0 amide bonds. The van der Waals surface area contributed by atoms with Crippen LogP contribution in [0.25, 0.3) is 0 Å². The maximum Gasteiger partial charge on any atom is 0.124 e. The van der Waals surface area contributed by atoms with E-state index >= 15 is 0 Å². The van der Waals surface area contributed by atoms with Crippen molar-refractivity contribution in [3.05, 3.63) is 64.1 Å². The van der Waals surface area contributed by atoms with Crippen LogP contribution in [0.15, 0.2) is 47.2 Å². The van der Waals surface area contributed by atoms with E-state index in [1.54, 1.807) is 18.5 Å². The summed E-state index contributed by atoms with van der Waals surface area (Å²) in [4.78, 5) is 3.99. The lowest BCUT2D eigenvalue weighted by atomic mass is 10.00. The Morgan fingerprint density at radius 2 is 1.95 bits per heavy atom. The molecule has 1 aromatic carbocycles. The van der Waals surface area contributed by atoms with E-state index in [1.807, 2.05) is 12.1 Å². The first-order valence-electron chi connectivity index (χ1n) is 5.98. The summed E-state index contributed by atoms with van der Waals surface area (Å²) in [5.41, 5.74) is 5.00. The lowest BCUT2D eigenvalue weighted by Crippen LogP contribution is -2.38. The molecule has 5 heteroatoms. The number of aromatic nitrogens is 1. The van der Waals surface area contributed by atoms with Crippen LogP contribution in [0.4, 0.5) is 4.39 Å². The molecular formula is C14H15BrFN3. The second kappa shape index (κ2) is 6.75. The van der Waals surface area contributed by atoms with Crippen molar-refractivity contribution in [2.24, 2.45) is 5.84 Å². The third kappa shape index (κ3) is 4.09. The van der Waals surface area contributed by atoms with Crippen LogP contribution in [-0.4, -0.2) is 11.0 Å². The van der Waals surface area contributed by atoms with Gasteiger partial charge in [-0.2, -0.15) is 0 Å². The van der Waals surface area contributed by atoms with Crippen LogP contribution < -0.4 is 11.3 Å². The third-order valence-corrected chi connectivity index (χ3v) is 3.69. The van der Waals surface area contributed by atoms with Crippen LogP contribution in [0.1, 0.15) is 11.1 Å². The Morgan fingerprint density at radius 1 is 1.21 bits per heavy atom. The van der Waals surface area contributed by atoms with Gasteiger partial charge < -0.3 is 0 Å². The summed E-state index contributed by atoms with van der Waals surface area (Å²) in [6.45, 7) is 0. The number of hydrogen-bond donors (Lipinski definition) is 2. The van der Waals surface area contributed by atoms with Crippen molar-refractivity contribution < 1.29 is 4.39 Å². The molecule has 3 nitrogen and oxygen atoms in total. The average Bonchev–Trinajstić information content (AvgIpc) is 2.42. The fourth-order valence-corrected chi connectivity index (χ4v) is 2.46. The summed E-state index contributed by atoms with van der Waals surface area (Å²) in [6.07, 6.45) is 5.04. The van der Waals surface area contributed by atoms with Crippen molar-refractivity contribution in [2.75, 3.05) is 0 Å². The average molecular weight is 324 g/mol. The van der Waals surface area contributed by atoms with Gasteiger partial charge in [-0.15, -0.1) is 0 Å². The SMILES string of the molecule is NNC(Cc1ccncc1)Cc1ccc(F)cc1Br. The highest BCUT2D eigenvalue weighted by molar-refractivity contribution is 9.10. The zero-order valence-electron chi connectivity index (χ0n) is 10.3. The van der Waals surface area contributed by atoms with Crippen LogP contribution in [0.5, 0.6) is 0 Å². The van der Waals surface area contributed by atoms with Crippen LogP contribution in [0, 0.1) is 5.82 Å². The highest BCUT2D eigenvalue weighted by Crippen LogP contribution is 2.20. The summed E-state index contributed by atoms with van der Waals surface area (Å²) >= 11 is 3.37. The number of benzene rings is 1. The molecule has 0 aliphatic heterocycles. The Morgan fingerprint density at radius 3 is 2.58 bits per heavy atom. The maximum absolute atomic E-state index is 13.0. The molecule has 0 spiro atoms. The zero-order valence-corrected chi connectivity index (χ0v) is 11.9. The molecule has 1 aromatic heterocycles. The molecule has 0 fully saturated rings. The van der Waals surface area contributed by atoms with Gasteiger partial charge in [0.15, 0.2) is 0 Å². The first kappa shape index (κ1) is 14.1. The van der Waals surface area contributed by atoms with Crippen LogP contribution in [-0.2, 0) is 12.8 Å². The van der Waals surface area contributed by atoms with Gasteiger partial charge >= 0.3 is 0 Å². The molecular weight excluding hydrogens is 309 g/mol. The van der Waals surface area contributed by atoms with Crippen molar-refractivity contribution >= 4 is 15.9 Å². The molecule has 1 heterocycles. The van der Waals surface area contributed by atoms with Gasteiger partial charge in [-0.05, 0) is 48.2 Å². The monoisotopic (exact) mass is 323 g/mol. The summed E-state index contributed by atoms with van der Waals surface area (Å²) in [5, 5.41) is 0. The molecule has 2 aromatic rings. The minimum absolute atomic E-state index is 0.0872. The number of hydrogen-bond acceptors (Lipinski definition) is 3. The second-order valence-electron chi connectivity index (χ2n) is 4.36. The first-order chi connectivity index (χ1) is 9.19. The molecule has 19 heavy (non-hydrogen) atoms. The second-order valence-corrected chi connectivity index (χ2v) is 5.22. The Kier molecular flexibility index (Phi) is 5.01. The van der Waals surface area contributed by atoms with Crippen LogP contribution >= 0.6 is 15.9 Å². The van der Waals surface area contributed by atoms with Gasteiger partial charge in [-0.25, -0.2) is 4.39 Å². The lowest BCUT2D eigenvalue weighted by Gasteiger charge is -2.17. The van der Waals surface area contributed by atoms with Crippen molar-refractivity contribution in [2.45, 2.75) is 18.9 Å². The van der Waals surface area contributed by atoms with Gasteiger partial charge in [-0.1, -0.05) is 22.0 Å². The summed E-state index contributed by atoms with van der Waals surface area (Å²) in [5.74, 6) is 5.35. The van der Waals surface area contributed by atoms with Crippen LogP contribution in [0.3, 0.4) is 0 Å². The van der Waals surface area contributed by atoms with E-state index in [4.69, 9.17) is 5.84 Å². The lowest BCUT2D eigenvalue weighted by molar-refractivity contribution is 0.521. The van der Waals surface area contributed by atoms with E-state index in [0.29, 0.717) is 0 Å². The summed E-state index contributed by atoms with van der Waals surface area (Å²) in [7, 11) is 0. The topological polar surface area (TPSA) is 50.9 Å². The number of halogens is 2. The quantitative estimate of drug-likeness (QED) is 0.657. The van der Waals surface area contributed by atoms with Gasteiger partial charge in [0.2, 0.25) is 0 Å². The Hall–Kier alpha value is -1.30. The molecule has 2 rings (SSSR count). The summed E-state index contributed by atoms with van der Waals surface area (Å²) in [6, 6.07) is 8.71. The number of hydrazine groups is 1. The Labute approximate surface area is 120 Å². The van der Waals surface area contributed by atoms with E-state index < -0.39 is 0 Å². The number of pyridine rings is 1. The van der Waals surface area contributed by atoms with Gasteiger partial charge in [0.1, 0.15) is 5.82 Å². The van der Waals surface area contributed by atoms with E-state index in [-0.39, 0.29) is 11.9 Å². The molecule has 1 unspecified atom stereocenters. The Balaban J connectivity index is 2.06. The molecule has 1 atom stereocenters. The van der Waals surface area contributed by atoms with E-state index in [9.17, 15) is 4.39 Å². The fourth-order valence-electron chi connectivity index (χ4n) is 1.95. The maximum atomic E-state index is 13.0. The minimum atomic E-state index is -0.248. The standard InChI is InChI=1S/C14H15BrFN3/c15-14-9-12(16)2-1-11(14)8-13(19-17)7-10-3-5-18-6-4-10/h1-6,9,13,19H,7-8,17H2. The predicted octanol–water partition coefficient (Wildman–Crippen LogP) is 2.60. The normalized spacial score (nSPS) is 12.4. The molecule has 100 valence electrons. The number of nitrogens with one attached hydrogen (secondary N) is 1. The zero-order chi connectivity index (χ0) is 13.7. The van der Waals surface area contributed by atoms with Crippen LogP contribution in [0.2, 0.25) is 0 Å². The largest absolute Gasteiger partial charge is 0.271 e. The van der Waals surface area contributed by atoms with Gasteiger partial charge in [0, 0.05) is 22.9 Å². The highest BCUT2D eigenvalue weighted by Gasteiger charge is 2.11. The van der Waals surface area contributed by atoms with Crippen molar-refractivity contribution in [1.29, 1.82) is 0 Å². The van der Waals surface area contributed by atoms with Crippen molar-refractivity contribution in [1.82, 2.24) is 10.4 Å². The highest BCUT2D eigenvalue weighted by atomic mass is 79.9. The van der Waals surface area contributed by atoms with Crippen molar-refractivity contribution in [3.8, 4) is 0 Å². The molecule has 0 aliphatic rings. The first-order valence-corrected chi connectivity index (χ1v) is 6.77. The van der Waals surface area contributed by atoms with Crippen molar-refractivity contribution in [3.63, 3.8) is 0 Å². The van der Waals surface area contributed by atoms with Gasteiger partial charge in [0.05, 0.1) is 0 Å². The summed E-state index contributed by atoms with van der Waals surface area (Å²) < 4.78 is 13.8. The molecule has 0 saturated carbocycles. The van der Waals surface area contributed by atoms with E-state index in [0.717, 1.165) is 28.4 Å². The number of nitrogens with zero attached hydrogens (tertiary/aromatic N) is 1. The van der Waals surface area contributed by atoms with E-state index in [1.165, 1.54) is 12.1 Å². The van der Waals surface area contributed by atoms with Gasteiger partial charge in [-0.3, -0.25) is 16.3 Å². The molecule has 3 N–H and O–H groups in total. The molecule has 0 bridgehead atoms. The Bertz CT molecular complexity index is 533. The smallest absolute Gasteiger partial charge is 0.124 e. The fraction of sp³-hybridized carbons (Fsp3) is 0.214. The molecule has 0 radical (unpaired) electrons.